The highest BCUT2D eigenvalue weighted by Gasteiger charge is 2.09. The number of carboxylic acids is 1. The lowest BCUT2D eigenvalue weighted by Gasteiger charge is -2.03. The van der Waals surface area contributed by atoms with E-state index < -0.39 is 5.97 Å². The van der Waals surface area contributed by atoms with Gasteiger partial charge in [0.05, 0.1) is 17.3 Å². The number of carbonyl (C=O) groups is 1. The molecule has 0 aliphatic carbocycles. The van der Waals surface area contributed by atoms with Crippen molar-refractivity contribution in [2.45, 2.75) is 0 Å². The predicted molar refractivity (Wildman–Crippen MR) is 75.3 cm³/mol. The van der Waals surface area contributed by atoms with Crippen molar-refractivity contribution in [2.24, 2.45) is 0 Å². The van der Waals surface area contributed by atoms with Crippen molar-refractivity contribution < 1.29 is 9.90 Å². The second kappa shape index (κ2) is 4.51. The summed E-state index contributed by atoms with van der Waals surface area (Å²) in [5.41, 5.74) is 1.99. The van der Waals surface area contributed by atoms with Gasteiger partial charge in [-0.1, -0.05) is 12.1 Å². The molecule has 0 atom stereocenters. The zero-order valence-corrected chi connectivity index (χ0v) is 11.3. The summed E-state index contributed by atoms with van der Waals surface area (Å²) >= 11 is 3.42. The van der Waals surface area contributed by atoms with Gasteiger partial charge in [0.25, 0.3) is 0 Å². The normalized spacial score (nSPS) is 10.8. The summed E-state index contributed by atoms with van der Waals surface area (Å²) in [5, 5.41) is 9.03. The SMILES string of the molecule is O=C(O)c1cccc(-c2ncc3ccc(Br)cn23)c1. The minimum atomic E-state index is -0.941. The molecule has 5 heteroatoms. The van der Waals surface area contributed by atoms with E-state index in [0.29, 0.717) is 0 Å². The van der Waals surface area contributed by atoms with Gasteiger partial charge in [-0.15, -0.1) is 0 Å². The van der Waals surface area contributed by atoms with Crippen LogP contribution < -0.4 is 0 Å². The number of fused-ring (bicyclic) bond motifs is 1. The highest BCUT2D eigenvalue weighted by atomic mass is 79.9. The van der Waals surface area contributed by atoms with Crippen molar-refractivity contribution in [1.29, 1.82) is 0 Å². The Morgan fingerprint density at radius 2 is 2.11 bits per heavy atom. The van der Waals surface area contributed by atoms with Crippen LogP contribution in [0.3, 0.4) is 0 Å². The number of imidazole rings is 1. The van der Waals surface area contributed by atoms with Crippen molar-refractivity contribution in [2.75, 3.05) is 0 Å². The lowest BCUT2D eigenvalue weighted by atomic mass is 10.1. The molecule has 0 spiro atoms. The summed E-state index contributed by atoms with van der Waals surface area (Å²) in [4.78, 5) is 15.4. The average molecular weight is 317 g/mol. The Kier molecular flexibility index (Phi) is 2.83. The molecule has 2 heterocycles. The average Bonchev–Trinajstić information content (AvgIpc) is 2.81. The van der Waals surface area contributed by atoms with Gasteiger partial charge in [-0.05, 0) is 40.2 Å². The van der Waals surface area contributed by atoms with E-state index in [1.165, 1.54) is 0 Å². The molecule has 0 fully saturated rings. The van der Waals surface area contributed by atoms with E-state index in [1.54, 1.807) is 24.4 Å². The number of halogens is 1. The maximum absolute atomic E-state index is 11.0. The minimum Gasteiger partial charge on any atom is -0.478 e. The highest BCUT2D eigenvalue weighted by molar-refractivity contribution is 9.10. The molecule has 0 saturated carbocycles. The molecule has 0 radical (unpaired) electrons. The summed E-state index contributed by atoms with van der Waals surface area (Å²) in [6.07, 6.45) is 3.67. The molecule has 0 aliphatic rings. The third-order valence-corrected chi connectivity index (χ3v) is 3.33. The lowest BCUT2D eigenvalue weighted by Crippen LogP contribution is -1.97. The van der Waals surface area contributed by atoms with Crippen LogP contribution in [0.15, 0.2) is 53.3 Å². The second-order valence-electron chi connectivity index (χ2n) is 4.11. The van der Waals surface area contributed by atoms with E-state index in [9.17, 15) is 4.79 Å². The van der Waals surface area contributed by atoms with Gasteiger partial charge in [-0.3, -0.25) is 4.40 Å². The van der Waals surface area contributed by atoms with E-state index in [-0.39, 0.29) is 5.56 Å². The van der Waals surface area contributed by atoms with E-state index in [0.717, 1.165) is 21.4 Å². The smallest absolute Gasteiger partial charge is 0.335 e. The first-order chi connectivity index (χ1) is 9.15. The molecule has 0 bridgehead atoms. The van der Waals surface area contributed by atoms with Gasteiger partial charge in [0.2, 0.25) is 0 Å². The number of rotatable bonds is 2. The van der Waals surface area contributed by atoms with Gasteiger partial charge in [0, 0.05) is 16.2 Å². The Hall–Kier alpha value is -2.14. The van der Waals surface area contributed by atoms with E-state index in [4.69, 9.17) is 5.11 Å². The molecule has 19 heavy (non-hydrogen) atoms. The molecule has 1 aromatic carbocycles. The number of pyridine rings is 1. The van der Waals surface area contributed by atoms with Crippen LogP contribution in [0.25, 0.3) is 16.9 Å². The van der Waals surface area contributed by atoms with Crippen LogP contribution in [0.4, 0.5) is 0 Å². The zero-order valence-electron chi connectivity index (χ0n) is 9.75. The van der Waals surface area contributed by atoms with Crippen molar-refractivity contribution in [1.82, 2.24) is 9.38 Å². The number of hydrogen-bond donors (Lipinski definition) is 1. The van der Waals surface area contributed by atoms with Gasteiger partial charge < -0.3 is 5.11 Å². The number of aromatic carboxylic acids is 1. The van der Waals surface area contributed by atoms with Crippen LogP contribution in [0, 0.1) is 0 Å². The molecular formula is C14H9BrN2O2. The summed E-state index contributed by atoms with van der Waals surface area (Å²) in [6, 6.07) is 10.6. The quantitative estimate of drug-likeness (QED) is 0.787. The fraction of sp³-hybridized carbons (Fsp3) is 0. The fourth-order valence-electron chi connectivity index (χ4n) is 1.97. The van der Waals surface area contributed by atoms with Gasteiger partial charge in [0.15, 0.2) is 0 Å². The van der Waals surface area contributed by atoms with Crippen LogP contribution in [0.5, 0.6) is 0 Å². The topological polar surface area (TPSA) is 54.6 Å². The van der Waals surface area contributed by atoms with Gasteiger partial charge in [0.1, 0.15) is 5.82 Å². The lowest BCUT2D eigenvalue weighted by molar-refractivity contribution is 0.0697. The maximum Gasteiger partial charge on any atom is 0.335 e. The molecule has 2 aromatic heterocycles. The van der Waals surface area contributed by atoms with Crippen molar-refractivity contribution >= 4 is 27.4 Å². The van der Waals surface area contributed by atoms with Crippen LogP contribution in [0.1, 0.15) is 10.4 Å². The Morgan fingerprint density at radius 3 is 2.89 bits per heavy atom. The fourth-order valence-corrected chi connectivity index (χ4v) is 2.31. The number of aromatic nitrogens is 2. The Bertz CT molecular complexity index is 780. The largest absolute Gasteiger partial charge is 0.478 e. The molecule has 0 unspecified atom stereocenters. The van der Waals surface area contributed by atoms with Gasteiger partial charge >= 0.3 is 5.97 Å². The monoisotopic (exact) mass is 316 g/mol. The maximum atomic E-state index is 11.0. The van der Waals surface area contributed by atoms with E-state index in [1.807, 2.05) is 28.8 Å². The van der Waals surface area contributed by atoms with E-state index in [2.05, 4.69) is 20.9 Å². The molecule has 3 aromatic rings. The number of benzene rings is 1. The van der Waals surface area contributed by atoms with Crippen molar-refractivity contribution in [3.63, 3.8) is 0 Å². The first kappa shape index (κ1) is 11.9. The summed E-state index contributed by atoms with van der Waals surface area (Å²) in [6.45, 7) is 0. The van der Waals surface area contributed by atoms with Crippen molar-refractivity contribution in [3.05, 3.63) is 58.8 Å². The molecular weight excluding hydrogens is 308 g/mol. The molecule has 1 N–H and O–H groups in total. The van der Waals surface area contributed by atoms with Crippen LogP contribution in [0.2, 0.25) is 0 Å². The van der Waals surface area contributed by atoms with E-state index >= 15 is 0 Å². The number of nitrogens with zero attached hydrogens (tertiary/aromatic N) is 2. The molecule has 0 amide bonds. The molecule has 0 saturated heterocycles. The summed E-state index contributed by atoms with van der Waals surface area (Å²) in [5.74, 6) is -0.219. The first-order valence-electron chi connectivity index (χ1n) is 5.61. The predicted octanol–water partition coefficient (Wildman–Crippen LogP) is 3.46. The summed E-state index contributed by atoms with van der Waals surface area (Å²) < 4.78 is 2.86. The molecule has 3 rings (SSSR count). The highest BCUT2D eigenvalue weighted by Crippen LogP contribution is 2.22. The number of hydrogen-bond acceptors (Lipinski definition) is 2. The molecule has 94 valence electrons. The summed E-state index contributed by atoms with van der Waals surface area (Å²) in [7, 11) is 0. The third kappa shape index (κ3) is 2.13. The third-order valence-electron chi connectivity index (χ3n) is 2.86. The Labute approximate surface area is 117 Å². The van der Waals surface area contributed by atoms with Crippen LogP contribution >= 0.6 is 15.9 Å². The molecule has 4 nitrogen and oxygen atoms in total. The van der Waals surface area contributed by atoms with Crippen LogP contribution in [-0.4, -0.2) is 20.5 Å². The second-order valence-corrected chi connectivity index (χ2v) is 5.03. The van der Waals surface area contributed by atoms with Gasteiger partial charge in [-0.25, -0.2) is 9.78 Å². The van der Waals surface area contributed by atoms with Crippen molar-refractivity contribution in [3.8, 4) is 11.4 Å². The van der Waals surface area contributed by atoms with Crippen LogP contribution in [-0.2, 0) is 0 Å². The zero-order chi connectivity index (χ0) is 13.4. The Balaban J connectivity index is 2.21. The Morgan fingerprint density at radius 1 is 1.26 bits per heavy atom. The van der Waals surface area contributed by atoms with Gasteiger partial charge in [-0.2, -0.15) is 0 Å². The number of carboxylic acid groups (broad SMARTS) is 1. The minimum absolute atomic E-state index is 0.254. The standard InChI is InChI=1S/C14H9BrN2O2/c15-11-4-5-12-7-16-13(17(12)8-11)9-2-1-3-10(6-9)14(18)19/h1-8H,(H,18,19). The first-order valence-corrected chi connectivity index (χ1v) is 6.41. The molecule has 0 aliphatic heterocycles.